The number of fused-ring (bicyclic) bond motifs is 1. The third-order valence-electron chi connectivity index (χ3n) is 3.72. The molecule has 0 aliphatic heterocycles. The van der Waals surface area contributed by atoms with Crippen LogP contribution in [-0.2, 0) is 6.42 Å². The van der Waals surface area contributed by atoms with Gasteiger partial charge in [-0.05, 0) is 34.9 Å². The molecular formula is C19H15FO. The zero-order valence-electron chi connectivity index (χ0n) is 11.8. The van der Waals surface area contributed by atoms with Gasteiger partial charge in [-0.2, -0.15) is 0 Å². The summed E-state index contributed by atoms with van der Waals surface area (Å²) in [5, 5.41) is 2.13. The molecule has 0 amide bonds. The molecule has 0 aliphatic carbocycles. The average Bonchev–Trinajstić information content (AvgIpc) is 2.50. The fourth-order valence-corrected chi connectivity index (χ4v) is 2.58. The van der Waals surface area contributed by atoms with E-state index < -0.39 is 5.82 Å². The maximum Gasteiger partial charge on any atom is 0.170 e. The molecule has 0 aromatic heterocycles. The predicted molar refractivity (Wildman–Crippen MR) is 83.1 cm³/mol. The van der Waals surface area contributed by atoms with E-state index in [1.54, 1.807) is 25.1 Å². The monoisotopic (exact) mass is 278 g/mol. The number of carbonyl (C=O) groups excluding carboxylic acids is 1. The molecule has 0 saturated carbocycles. The minimum Gasteiger partial charge on any atom is -0.294 e. The van der Waals surface area contributed by atoms with E-state index in [0.29, 0.717) is 5.56 Å². The van der Waals surface area contributed by atoms with Crippen molar-refractivity contribution in [1.82, 2.24) is 0 Å². The van der Waals surface area contributed by atoms with Gasteiger partial charge in [0, 0.05) is 6.42 Å². The Morgan fingerprint density at radius 2 is 1.67 bits per heavy atom. The lowest BCUT2D eigenvalue weighted by Gasteiger charge is -2.08. The van der Waals surface area contributed by atoms with E-state index in [4.69, 9.17) is 0 Å². The second kappa shape index (κ2) is 5.49. The number of hydrogen-bond donors (Lipinski definition) is 0. The van der Waals surface area contributed by atoms with Crippen LogP contribution in [0.5, 0.6) is 0 Å². The Hall–Kier alpha value is -2.48. The van der Waals surface area contributed by atoms with E-state index in [9.17, 15) is 9.18 Å². The highest BCUT2D eigenvalue weighted by Gasteiger charge is 2.14. The van der Waals surface area contributed by atoms with Crippen LogP contribution in [-0.4, -0.2) is 5.78 Å². The summed E-state index contributed by atoms with van der Waals surface area (Å²) < 4.78 is 14.0. The van der Waals surface area contributed by atoms with Crippen molar-refractivity contribution in [3.8, 4) is 0 Å². The predicted octanol–water partition coefficient (Wildman–Crippen LogP) is 4.71. The van der Waals surface area contributed by atoms with E-state index in [0.717, 1.165) is 16.3 Å². The highest BCUT2D eigenvalue weighted by Crippen LogP contribution is 2.21. The molecule has 0 spiro atoms. The van der Waals surface area contributed by atoms with Crippen LogP contribution in [0, 0.1) is 12.7 Å². The lowest BCUT2D eigenvalue weighted by Crippen LogP contribution is -2.07. The number of carbonyl (C=O) groups is 1. The van der Waals surface area contributed by atoms with Gasteiger partial charge in [0.15, 0.2) is 5.78 Å². The third-order valence-corrected chi connectivity index (χ3v) is 3.72. The van der Waals surface area contributed by atoms with Gasteiger partial charge >= 0.3 is 0 Å². The highest BCUT2D eigenvalue weighted by atomic mass is 19.1. The Kier molecular flexibility index (Phi) is 3.53. The molecule has 0 atom stereocenters. The first-order valence-corrected chi connectivity index (χ1v) is 6.92. The maximum absolute atomic E-state index is 14.0. The van der Waals surface area contributed by atoms with Crippen molar-refractivity contribution in [3.05, 3.63) is 83.2 Å². The van der Waals surface area contributed by atoms with Crippen molar-refractivity contribution in [2.45, 2.75) is 13.3 Å². The summed E-state index contributed by atoms with van der Waals surface area (Å²) in [6, 6.07) is 18.7. The molecule has 0 fully saturated rings. The molecule has 0 bridgehead atoms. The number of benzene rings is 3. The Balaban J connectivity index is 1.99. The van der Waals surface area contributed by atoms with Crippen molar-refractivity contribution in [2.24, 2.45) is 0 Å². The van der Waals surface area contributed by atoms with Crippen molar-refractivity contribution < 1.29 is 9.18 Å². The van der Waals surface area contributed by atoms with Crippen LogP contribution in [0.2, 0.25) is 0 Å². The largest absolute Gasteiger partial charge is 0.294 e. The van der Waals surface area contributed by atoms with E-state index >= 15 is 0 Å². The van der Waals surface area contributed by atoms with Crippen LogP contribution in [0.1, 0.15) is 21.5 Å². The van der Waals surface area contributed by atoms with E-state index in [1.165, 1.54) is 0 Å². The fourth-order valence-electron chi connectivity index (χ4n) is 2.58. The van der Waals surface area contributed by atoms with Crippen LogP contribution in [0.25, 0.3) is 10.8 Å². The fraction of sp³-hybridized carbons (Fsp3) is 0.105. The van der Waals surface area contributed by atoms with Crippen LogP contribution in [0.4, 0.5) is 4.39 Å². The van der Waals surface area contributed by atoms with Gasteiger partial charge in [-0.3, -0.25) is 4.79 Å². The highest BCUT2D eigenvalue weighted by molar-refractivity contribution is 6.00. The molecule has 3 rings (SSSR count). The summed E-state index contributed by atoms with van der Waals surface area (Å²) in [4.78, 5) is 12.4. The van der Waals surface area contributed by atoms with Gasteiger partial charge in [0.25, 0.3) is 0 Å². The first kappa shape index (κ1) is 13.5. The summed E-state index contributed by atoms with van der Waals surface area (Å²) in [6.07, 6.45) is 0.210. The Labute approximate surface area is 123 Å². The van der Waals surface area contributed by atoms with E-state index in [2.05, 4.69) is 0 Å². The minimum absolute atomic E-state index is 0.169. The van der Waals surface area contributed by atoms with E-state index in [1.807, 2.05) is 42.5 Å². The normalized spacial score (nSPS) is 10.8. The third kappa shape index (κ3) is 2.57. The number of Topliss-reactive ketones (excluding diaryl/α,β-unsaturated/α-hetero) is 1. The van der Waals surface area contributed by atoms with Crippen molar-refractivity contribution in [2.75, 3.05) is 0 Å². The summed E-state index contributed by atoms with van der Waals surface area (Å²) in [5.41, 5.74) is 1.60. The van der Waals surface area contributed by atoms with Crippen LogP contribution in [0.3, 0.4) is 0 Å². The maximum atomic E-state index is 14.0. The molecule has 21 heavy (non-hydrogen) atoms. The molecule has 0 unspecified atom stereocenters. The summed E-state index contributed by atoms with van der Waals surface area (Å²) in [5.74, 6) is -0.602. The summed E-state index contributed by atoms with van der Waals surface area (Å²) in [6.45, 7) is 1.67. The zero-order chi connectivity index (χ0) is 14.8. The van der Waals surface area contributed by atoms with Gasteiger partial charge in [0.2, 0.25) is 0 Å². The van der Waals surface area contributed by atoms with Gasteiger partial charge in [-0.25, -0.2) is 4.39 Å². The van der Waals surface area contributed by atoms with Crippen molar-refractivity contribution in [1.29, 1.82) is 0 Å². The molecule has 104 valence electrons. The Morgan fingerprint density at radius 1 is 0.952 bits per heavy atom. The molecule has 3 aromatic rings. The van der Waals surface area contributed by atoms with Crippen molar-refractivity contribution >= 4 is 16.6 Å². The van der Waals surface area contributed by atoms with Crippen LogP contribution < -0.4 is 0 Å². The lowest BCUT2D eigenvalue weighted by molar-refractivity contribution is 0.0989. The molecule has 2 heteroatoms. The zero-order valence-corrected chi connectivity index (χ0v) is 11.8. The standard InChI is InChI=1S/C19H15FO/c1-13-6-4-11-17(19(13)20)18(21)12-15-9-5-8-14-7-2-3-10-16(14)15/h2-11H,12H2,1H3. The van der Waals surface area contributed by atoms with Crippen LogP contribution >= 0.6 is 0 Å². The molecule has 3 aromatic carbocycles. The first-order valence-electron chi connectivity index (χ1n) is 6.92. The molecule has 1 nitrogen and oxygen atoms in total. The summed E-state index contributed by atoms with van der Waals surface area (Å²) >= 11 is 0. The average molecular weight is 278 g/mol. The lowest BCUT2D eigenvalue weighted by atomic mass is 9.97. The van der Waals surface area contributed by atoms with E-state index in [-0.39, 0.29) is 17.8 Å². The topological polar surface area (TPSA) is 17.1 Å². The second-order valence-electron chi connectivity index (χ2n) is 5.17. The molecule has 0 saturated heterocycles. The smallest absolute Gasteiger partial charge is 0.170 e. The Bertz CT molecular complexity index is 815. The number of aryl methyl sites for hydroxylation is 1. The number of rotatable bonds is 3. The van der Waals surface area contributed by atoms with Gasteiger partial charge < -0.3 is 0 Å². The molecule has 0 N–H and O–H groups in total. The van der Waals surface area contributed by atoms with Gasteiger partial charge in [0.1, 0.15) is 5.82 Å². The number of hydrogen-bond acceptors (Lipinski definition) is 1. The SMILES string of the molecule is Cc1cccc(C(=O)Cc2cccc3ccccc23)c1F. The molecule has 0 aliphatic rings. The van der Waals surface area contributed by atoms with Gasteiger partial charge in [-0.1, -0.05) is 54.6 Å². The van der Waals surface area contributed by atoms with Crippen LogP contribution in [0.15, 0.2) is 60.7 Å². The van der Waals surface area contributed by atoms with Gasteiger partial charge in [0.05, 0.1) is 5.56 Å². The van der Waals surface area contributed by atoms with Crippen molar-refractivity contribution in [3.63, 3.8) is 0 Å². The number of ketones is 1. The quantitative estimate of drug-likeness (QED) is 0.634. The molecule has 0 heterocycles. The minimum atomic E-state index is -0.414. The first-order chi connectivity index (χ1) is 10.2. The Morgan fingerprint density at radius 3 is 2.52 bits per heavy atom. The van der Waals surface area contributed by atoms with Gasteiger partial charge in [-0.15, -0.1) is 0 Å². The second-order valence-corrected chi connectivity index (χ2v) is 5.17. The molecular weight excluding hydrogens is 263 g/mol. The number of halogens is 1. The summed E-state index contributed by atoms with van der Waals surface area (Å²) in [7, 11) is 0. The molecule has 0 radical (unpaired) electrons.